The van der Waals surface area contributed by atoms with E-state index in [1.54, 1.807) is 0 Å². The highest BCUT2D eigenvalue weighted by molar-refractivity contribution is 9.10. The topological polar surface area (TPSA) is 16.1 Å². The summed E-state index contributed by atoms with van der Waals surface area (Å²) in [5, 5.41) is 2.48. The average molecular weight is 327 g/mol. The Labute approximate surface area is 127 Å². The van der Waals surface area contributed by atoms with Crippen molar-refractivity contribution in [1.82, 2.24) is 4.98 Å². The fourth-order valence-corrected chi connectivity index (χ4v) is 2.95. The summed E-state index contributed by atoms with van der Waals surface area (Å²) in [6.45, 7) is 2.08. The van der Waals surface area contributed by atoms with Gasteiger partial charge in [0.25, 0.3) is 0 Å². The van der Waals surface area contributed by atoms with Crippen LogP contribution in [0.2, 0.25) is 0 Å². The number of pyridine rings is 1. The van der Waals surface area contributed by atoms with Crippen LogP contribution in [0.25, 0.3) is 10.8 Å². The molecule has 3 heteroatoms. The molecule has 1 aromatic heterocycles. The number of benzene rings is 2. The highest BCUT2D eigenvalue weighted by Crippen LogP contribution is 2.32. The summed E-state index contributed by atoms with van der Waals surface area (Å²) in [6, 6.07) is 16.9. The van der Waals surface area contributed by atoms with Gasteiger partial charge in [-0.1, -0.05) is 36.4 Å². The first kappa shape index (κ1) is 13.1. The molecule has 0 unspecified atom stereocenters. The SMILES string of the molecule is Cc1cc(Br)cnc1N(C)c1cccc2ccccc12. The molecule has 0 atom stereocenters. The Balaban J connectivity index is 2.15. The van der Waals surface area contributed by atoms with Crippen molar-refractivity contribution >= 4 is 38.2 Å². The molecule has 0 bridgehead atoms. The van der Waals surface area contributed by atoms with Crippen LogP contribution in [-0.2, 0) is 0 Å². The van der Waals surface area contributed by atoms with E-state index in [0.717, 1.165) is 15.9 Å². The normalized spacial score (nSPS) is 10.8. The smallest absolute Gasteiger partial charge is 0.135 e. The number of halogens is 1. The van der Waals surface area contributed by atoms with E-state index in [0.29, 0.717) is 0 Å². The van der Waals surface area contributed by atoms with Gasteiger partial charge < -0.3 is 4.90 Å². The van der Waals surface area contributed by atoms with E-state index in [1.165, 1.54) is 16.5 Å². The van der Waals surface area contributed by atoms with Crippen molar-refractivity contribution in [2.24, 2.45) is 0 Å². The maximum atomic E-state index is 4.54. The number of hydrogen-bond acceptors (Lipinski definition) is 2. The van der Waals surface area contributed by atoms with E-state index in [2.05, 4.69) is 88.3 Å². The van der Waals surface area contributed by atoms with Crippen LogP contribution in [-0.4, -0.2) is 12.0 Å². The van der Waals surface area contributed by atoms with Gasteiger partial charge in [0.2, 0.25) is 0 Å². The lowest BCUT2D eigenvalue weighted by Crippen LogP contribution is -2.13. The highest BCUT2D eigenvalue weighted by Gasteiger charge is 2.11. The molecule has 0 saturated carbocycles. The number of hydrogen-bond donors (Lipinski definition) is 0. The van der Waals surface area contributed by atoms with Crippen LogP contribution in [0.15, 0.2) is 59.2 Å². The molecule has 100 valence electrons. The standard InChI is InChI=1S/C17H15BrN2/c1-12-10-14(18)11-19-17(12)20(2)16-9-5-7-13-6-3-4-8-15(13)16/h3-11H,1-2H3. The molecule has 0 aliphatic rings. The van der Waals surface area contributed by atoms with Crippen LogP contribution in [0, 0.1) is 6.92 Å². The predicted octanol–water partition coefficient (Wildman–Crippen LogP) is 5.07. The van der Waals surface area contributed by atoms with E-state index in [1.807, 2.05) is 6.20 Å². The van der Waals surface area contributed by atoms with Gasteiger partial charge in [-0.05, 0) is 45.9 Å². The first-order chi connectivity index (χ1) is 9.66. The van der Waals surface area contributed by atoms with Gasteiger partial charge in [0.15, 0.2) is 0 Å². The Kier molecular flexibility index (Phi) is 3.45. The van der Waals surface area contributed by atoms with Gasteiger partial charge in [-0.25, -0.2) is 4.98 Å². The molecule has 0 amide bonds. The van der Waals surface area contributed by atoms with Crippen LogP contribution in [0.4, 0.5) is 11.5 Å². The Hall–Kier alpha value is -1.87. The Morgan fingerprint density at radius 2 is 1.80 bits per heavy atom. The number of anilines is 2. The van der Waals surface area contributed by atoms with Crippen LogP contribution in [0.5, 0.6) is 0 Å². The van der Waals surface area contributed by atoms with Gasteiger partial charge in [0, 0.05) is 28.8 Å². The minimum absolute atomic E-state index is 0.976. The fourth-order valence-electron chi connectivity index (χ4n) is 2.50. The molecule has 2 aromatic carbocycles. The minimum atomic E-state index is 0.976. The number of aryl methyl sites for hydroxylation is 1. The van der Waals surface area contributed by atoms with Crippen molar-refractivity contribution < 1.29 is 0 Å². The van der Waals surface area contributed by atoms with E-state index >= 15 is 0 Å². The number of aromatic nitrogens is 1. The number of rotatable bonds is 2. The molecular formula is C17H15BrN2. The third-order valence-electron chi connectivity index (χ3n) is 3.46. The molecule has 0 saturated heterocycles. The first-order valence-electron chi connectivity index (χ1n) is 6.50. The van der Waals surface area contributed by atoms with E-state index in [9.17, 15) is 0 Å². The summed E-state index contributed by atoms with van der Waals surface area (Å²) < 4.78 is 1.00. The molecular weight excluding hydrogens is 312 g/mol. The second kappa shape index (κ2) is 5.25. The van der Waals surface area contributed by atoms with Crippen molar-refractivity contribution in [2.45, 2.75) is 6.92 Å². The molecule has 3 aromatic rings. The molecule has 0 radical (unpaired) electrons. The van der Waals surface area contributed by atoms with Crippen molar-refractivity contribution in [3.8, 4) is 0 Å². The van der Waals surface area contributed by atoms with Gasteiger partial charge >= 0.3 is 0 Å². The lowest BCUT2D eigenvalue weighted by atomic mass is 10.1. The zero-order valence-corrected chi connectivity index (χ0v) is 13.1. The summed E-state index contributed by atoms with van der Waals surface area (Å²) in [5.74, 6) is 0.976. The van der Waals surface area contributed by atoms with Crippen LogP contribution < -0.4 is 4.90 Å². The summed E-state index contributed by atoms with van der Waals surface area (Å²) in [6.07, 6.45) is 1.84. The second-order valence-electron chi connectivity index (χ2n) is 4.85. The van der Waals surface area contributed by atoms with Gasteiger partial charge in [-0.15, -0.1) is 0 Å². The zero-order valence-electron chi connectivity index (χ0n) is 11.5. The minimum Gasteiger partial charge on any atom is -0.329 e. The highest BCUT2D eigenvalue weighted by atomic mass is 79.9. The molecule has 3 rings (SSSR count). The summed E-state index contributed by atoms with van der Waals surface area (Å²) in [4.78, 5) is 6.68. The Morgan fingerprint density at radius 3 is 2.60 bits per heavy atom. The molecule has 1 heterocycles. The summed E-state index contributed by atoms with van der Waals surface area (Å²) >= 11 is 3.46. The fraction of sp³-hybridized carbons (Fsp3) is 0.118. The molecule has 20 heavy (non-hydrogen) atoms. The monoisotopic (exact) mass is 326 g/mol. The molecule has 0 spiro atoms. The lowest BCUT2D eigenvalue weighted by molar-refractivity contribution is 1.10. The third kappa shape index (κ3) is 2.29. The summed E-state index contributed by atoms with van der Waals surface area (Å²) in [7, 11) is 2.06. The Bertz CT molecular complexity index is 763. The first-order valence-corrected chi connectivity index (χ1v) is 7.30. The van der Waals surface area contributed by atoms with Gasteiger partial charge in [-0.2, -0.15) is 0 Å². The van der Waals surface area contributed by atoms with E-state index in [-0.39, 0.29) is 0 Å². The Morgan fingerprint density at radius 1 is 1.05 bits per heavy atom. The number of nitrogens with zero attached hydrogens (tertiary/aromatic N) is 2. The molecule has 0 aliphatic heterocycles. The van der Waals surface area contributed by atoms with Crippen molar-refractivity contribution in [1.29, 1.82) is 0 Å². The third-order valence-corrected chi connectivity index (χ3v) is 3.90. The van der Waals surface area contributed by atoms with Gasteiger partial charge in [0.1, 0.15) is 5.82 Å². The average Bonchev–Trinajstić information content (AvgIpc) is 2.46. The maximum Gasteiger partial charge on any atom is 0.135 e. The predicted molar refractivity (Wildman–Crippen MR) is 88.7 cm³/mol. The summed E-state index contributed by atoms with van der Waals surface area (Å²) in [5.41, 5.74) is 2.32. The molecule has 0 fully saturated rings. The second-order valence-corrected chi connectivity index (χ2v) is 5.77. The van der Waals surface area contributed by atoms with Gasteiger partial charge in [-0.3, -0.25) is 0 Å². The van der Waals surface area contributed by atoms with Crippen LogP contribution in [0.3, 0.4) is 0 Å². The van der Waals surface area contributed by atoms with Crippen molar-refractivity contribution in [2.75, 3.05) is 11.9 Å². The molecule has 0 N–H and O–H groups in total. The zero-order chi connectivity index (χ0) is 14.1. The van der Waals surface area contributed by atoms with Crippen molar-refractivity contribution in [3.05, 3.63) is 64.8 Å². The lowest BCUT2D eigenvalue weighted by Gasteiger charge is -2.22. The van der Waals surface area contributed by atoms with Crippen LogP contribution in [0.1, 0.15) is 5.56 Å². The molecule has 0 aliphatic carbocycles. The van der Waals surface area contributed by atoms with E-state index in [4.69, 9.17) is 0 Å². The van der Waals surface area contributed by atoms with Crippen molar-refractivity contribution in [3.63, 3.8) is 0 Å². The van der Waals surface area contributed by atoms with Gasteiger partial charge in [0.05, 0.1) is 0 Å². The molecule has 2 nitrogen and oxygen atoms in total. The largest absolute Gasteiger partial charge is 0.329 e. The maximum absolute atomic E-state index is 4.54. The van der Waals surface area contributed by atoms with E-state index < -0.39 is 0 Å². The quantitative estimate of drug-likeness (QED) is 0.653. The number of fused-ring (bicyclic) bond motifs is 1. The van der Waals surface area contributed by atoms with Crippen LogP contribution >= 0.6 is 15.9 Å².